The fraction of sp³-hybridized carbons (Fsp3) is 0.655. The number of hydrogen-bond acceptors (Lipinski definition) is 9. The van der Waals surface area contributed by atoms with Crippen molar-refractivity contribution in [2.45, 2.75) is 103 Å². The van der Waals surface area contributed by atoms with E-state index in [1.54, 1.807) is 20.8 Å². The van der Waals surface area contributed by atoms with Crippen LogP contribution in [0.3, 0.4) is 0 Å². The van der Waals surface area contributed by atoms with Gasteiger partial charge in [0.1, 0.15) is 30.9 Å². The van der Waals surface area contributed by atoms with Gasteiger partial charge >= 0.3 is 11.9 Å². The molecule has 42 heavy (non-hydrogen) atoms. The number of H-pyrrole nitrogens is 1. The van der Waals surface area contributed by atoms with E-state index in [2.05, 4.69) is 15.0 Å². The van der Waals surface area contributed by atoms with Gasteiger partial charge in [-0.2, -0.15) is 10.3 Å². The lowest BCUT2D eigenvalue weighted by molar-refractivity contribution is -0.163. The lowest BCUT2D eigenvalue weighted by Crippen LogP contribution is -2.49. The van der Waals surface area contributed by atoms with Crippen LogP contribution in [-0.4, -0.2) is 71.1 Å². The minimum absolute atomic E-state index is 0.0222. The number of aliphatic hydroxyl groups excluding tert-OH is 1. The molecule has 0 aromatic carbocycles. The number of amides is 1. The lowest BCUT2D eigenvalue weighted by Gasteiger charge is -2.29. The third kappa shape index (κ3) is 7.61. The first-order valence-corrected chi connectivity index (χ1v) is 14.3. The molecule has 2 aliphatic rings. The fourth-order valence-electron chi connectivity index (χ4n) is 4.66. The Morgan fingerprint density at radius 1 is 1.33 bits per heavy atom. The highest BCUT2D eigenvalue weighted by atomic mass is 16.6. The van der Waals surface area contributed by atoms with Crippen molar-refractivity contribution in [1.29, 1.82) is 5.26 Å². The fourth-order valence-corrected chi connectivity index (χ4v) is 4.66. The van der Waals surface area contributed by atoms with E-state index < -0.39 is 53.2 Å². The van der Waals surface area contributed by atoms with E-state index in [9.17, 15) is 24.8 Å². The molecule has 0 unspecified atom stereocenters. The molecule has 13 nitrogen and oxygen atoms in total. The molecule has 13 heteroatoms. The Hall–Kier alpha value is -3.60. The average Bonchev–Trinajstić information content (AvgIpc) is 3.51. The van der Waals surface area contributed by atoms with Gasteiger partial charge in [0, 0.05) is 12.8 Å². The average molecular weight is 587 g/mol. The van der Waals surface area contributed by atoms with Crippen LogP contribution >= 0.6 is 0 Å². The third-order valence-corrected chi connectivity index (χ3v) is 7.62. The molecular formula is C29H42N6O7. The van der Waals surface area contributed by atoms with E-state index >= 15 is 0 Å². The third-order valence-electron chi connectivity index (χ3n) is 7.62. The summed E-state index contributed by atoms with van der Waals surface area (Å²) in [7, 11) is 0. The number of nitrogens with two attached hydrogens (primary N) is 2. The lowest BCUT2D eigenvalue weighted by atomic mass is 9.83. The minimum atomic E-state index is -2.07. The summed E-state index contributed by atoms with van der Waals surface area (Å²) >= 11 is 0. The first kappa shape index (κ1) is 32.9. The van der Waals surface area contributed by atoms with Crippen LogP contribution in [0.4, 0.5) is 0 Å². The Bertz CT molecular complexity index is 1230. The van der Waals surface area contributed by atoms with E-state index in [1.165, 1.54) is 12.1 Å². The van der Waals surface area contributed by atoms with Crippen molar-refractivity contribution < 1.29 is 33.7 Å². The highest BCUT2D eigenvalue weighted by Gasteiger charge is 2.59. The van der Waals surface area contributed by atoms with Crippen molar-refractivity contribution in [3.8, 4) is 6.07 Å². The predicted molar refractivity (Wildman–Crippen MR) is 153 cm³/mol. The number of amidine groups is 1. The van der Waals surface area contributed by atoms with Crippen molar-refractivity contribution in [2.75, 3.05) is 6.61 Å². The zero-order valence-corrected chi connectivity index (χ0v) is 24.7. The standard InChI is InChI=1S/C29H42N6O7/c1-5-6-10-21(36)35-26(33-16-31)18-11-12-20(34-18)29(15-30)25(38)23(41-27(39)24(32)28(2,3)4)19(42-29)14-40-22(37)13-17-8-7-9-17/h11-12,16-17,19,23-25,34,38H,5-10,13-14,32H2,1-4H3,(H2,31,33,35,36)/t19-,23-,24-,25-,29+/m1/s1. The van der Waals surface area contributed by atoms with E-state index in [0.29, 0.717) is 6.42 Å². The molecule has 0 bridgehead atoms. The summed E-state index contributed by atoms with van der Waals surface area (Å²) in [6.07, 6.45) is 1.62. The molecule has 6 N–H and O–H groups in total. The van der Waals surface area contributed by atoms with Gasteiger partial charge in [-0.1, -0.05) is 40.5 Å². The number of aliphatic hydroxyl groups is 1. The quantitative estimate of drug-likeness (QED) is 0.168. The molecule has 230 valence electrons. The van der Waals surface area contributed by atoms with Crippen LogP contribution in [-0.2, 0) is 34.2 Å². The van der Waals surface area contributed by atoms with Crippen LogP contribution < -0.4 is 11.5 Å². The molecule has 1 aliphatic heterocycles. The zero-order chi connectivity index (χ0) is 31.1. The van der Waals surface area contributed by atoms with Crippen molar-refractivity contribution in [2.24, 2.45) is 32.8 Å². The molecule has 1 aliphatic carbocycles. The number of nitriles is 1. The van der Waals surface area contributed by atoms with Gasteiger partial charge in [-0.05, 0) is 42.7 Å². The van der Waals surface area contributed by atoms with Crippen LogP contribution in [0.1, 0.15) is 84.0 Å². The molecule has 1 amide bonds. The van der Waals surface area contributed by atoms with Gasteiger partial charge in [0.15, 0.2) is 11.9 Å². The second kappa shape index (κ2) is 14.0. The van der Waals surface area contributed by atoms with E-state index in [-0.39, 0.29) is 42.6 Å². The first-order valence-electron chi connectivity index (χ1n) is 14.3. The number of ether oxygens (including phenoxy) is 3. The number of unbranched alkanes of at least 4 members (excludes halogenated alkanes) is 1. The Kier molecular flexibility index (Phi) is 11.0. The molecule has 2 fully saturated rings. The molecule has 1 aromatic heterocycles. The summed E-state index contributed by atoms with van der Waals surface area (Å²) < 4.78 is 17.1. The smallest absolute Gasteiger partial charge is 0.323 e. The van der Waals surface area contributed by atoms with Gasteiger partial charge in [0.2, 0.25) is 11.5 Å². The zero-order valence-electron chi connectivity index (χ0n) is 24.7. The molecule has 1 saturated carbocycles. The van der Waals surface area contributed by atoms with E-state index in [1.807, 2.05) is 13.0 Å². The second-order valence-corrected chi connectivity index (χ2v) is 11.9. The Morgan fingerprint density at radius 2 is 2.05 bits per heavy atom. The van der Waals surface area contributed by atoms with Crippen LogP contribution in [0.5, 0.6) is 0 Å². The molecule has 2 heterocycles. The summed E-state index contributed by atoms with van der Waals surface area (Å²) in [4.78, 5) is 48.6. The SMILES string of the molecule is CCCCC(=O)N=C(N=CN)c1ccc([C@]2(C#N)O[C@H](COC(=O)CC3CCC3)[C@@H](OC(=O)[C@@H](N)C(C)(C)C)[C@H]2O)[nH]1. The van der Waals surface area contributed by atoms with Crippen LogP contribution in [0.15, 0.2) is 22.1 Å². The molecule has 0 radical (unpaired) electrons. The minimum Gasteiger partial charge on any atom is -0.463 e. The van der Waals surface area contributed by atoms with E-state index in [4.69, 9.17) is 25.7 Å². The number of aliphatic imine (C=N–C) groups is 2. The topological polar surface area (TPSA) is 215 Å². The maximum absolute atomic E-state index is 13.0. The summed E-state index contributed by atoms with van der Waals surface area (Å²) in [5.74, 6) is -1.40. The van der Waals surface area contributed by atoms with Crippen LogP contribution in [0.2, 0.25) is 0 Å². The number of hydrogen-bond donors (Lipinski definition) is 4. The maximum Gasteiger partial charge on any atom is 0.323 e. The van der Waals surface area contributed by atoms with Gasteiger partial charge in [-0.15, -0.1) is 0 Å². The number of aromatic amines is 1. The van der Waals surface area contributed by atoms with Crippen LogP contribution in [0, 0.1) is 22.7 Å². The summed E-state index contributed by atoms with van der Waals surface area (Å²) in [5.41, 5.74) is 9.16. The number of esters is 2. The normalized spacial score (nSPS) is 25.5. The number of rotatable bonds is 11. The largest absolute Gasteiger partial charge is 0.463 e. The van der Waals surface area contributed by atoms with Crippen molar-refractivity contribution >= 4 is 30.0 Å². The van der Waals surface area contributed by atoms with E-state index in [0.717, 1.165) is 32.0 Å². The predicted octanol–water partition coefficient (Wildman–Crippen LogP) is 1.96. The molecule has 1 saturated heterocycles. The molecule has 1 aromatic rings. The molecule has 5 atom stereocenters. The van der Waals surface area contributed by atoms with Gasteiger partial charge in [-0.25, -0.2) is 4.99 Å². The number of carbonyl (C=O) groups excluding carboxylic acids is 3. The second-order valence-electron chi connectivity index (χ2n) is 11.9. The van der Waals surface area contributed by atoms with Gasteiger partial charge in [0.05, 0.1) is 17.7 Å². The van der Waals surface area contributed by atoms with Crippen molar-refractivity contribution in [3.63, 3.8) is 0 Å². The maximum atomic E-state index is 13.0. The van der Waals surface area contributed by atoms with Crippen molar-refractivity contribution in [1.82, 2.24) is 4.98 Å². The van der Waals surface area contributed by atoms with Crippen molar-refractivity contribution in [3.05, 3.63) is 23.5 Å². The van der Waals surface area contributed by atoms with Gasteiger partial charge in [-0.3, -0.25) is 14.4 Å². The van der Waals surface area contributed by atoms with Crippen LogP contribution in [0.25, 0.3) is 0 Å². The van der Waals surface area contributed by atoms with Gasteiger partial charge < -0.3 is 35.8 Å². The van der Waals surface area contributed by atoms with Gasteiger partial charge in [0.25, 0.3) is 0 Å². The highest BCUT2D eigenvalue weighted by Crippen LogP contribution is 2.41. The first-order chi connectivity index (χ1) is 19.9. The number of nitrogens with one attached hydrogen (secondary N) is 1. The monoisotopic (exact) mass is 586 g/mol. The number of carbonyl (C=O) groups is 3. The molecule has 0 spiro atoms. The molecular weight excluding hydrogens is 544 g/mol. The summed E-state index contributed by atoms with van der Waals surface area (Å²) in [6, 6.07) is 3.92. The Balaban J connectivity index is 1.91. The summed E-state index contributed by atoms with van der Waals surface area (Å²) in [5, 5.41) is 21.8. The summed E-state index contributed by atoms with van der Waals surface area (Å²) in [6.45, 7) is 6.87. The number of aromatic nitrogens is 1. The molecule has 3 rings (SSSR count). The number of nitrogens with zero attached hydrogens (tertiary/aromatic N) is 3. The highest BCUT2D eigenvalue weighted by molar-refractivity contribution is 6.06. The Labute approximate surface area is 245 Å². The Morgan fingerprint density at radius 3 is 2.62 bits per heavy atom.